The van der Waals surface area contributed by atoms with Gasteiger partial charge in [0.2, 0.25) is 0 Å². The second kappa shape index (κ2) is 55.7. The van der Waals surface area contributed by atoms with Gasteiger partial charge in [-0.25, -0.2) is 37.3 Å². The van der Waals surface area contributed by atoms with Crippen LogP contribution in [0.1, 0.15) is 78.4 Å². The van der Waals surface area contributed by atoms with E-state index in [1.54, 1.807) is 0 Å². The third-order valence-corrected chi connectivity index (χ3v) is 26.9. The van der Waals surface area contributed by atoms with Crippen LogP contribution in [0.25, 0.3) is 54.0 Å². The van der Waals surface area contributed by atoms with Crippen molar-refractivity contribution in [3.8, 4) is 0 Å². The van der Waals surface area contributed by atoms with E-state index in [1.165, 1.54) is 139 Å². The molecule has 122 heavy (non-hydrogen) atoms. The number of unbranched alkanes of at least 4 members (excludes halogenated alkanes) is 3. The third kappa shape index (κ3) is 36.2. The number of Topliss-reactive ketones (excluding diaryl/α,β-unsaturated/α-hetero) is 2. The summed E-state index contributed by atoms with van der Waals surface area (Å²) in [6.45, 7) is 10.6. The molecule has 0 radical (unpaired) electrons. The molecule has 20 heteroatoms. The van der Waals surface area contributed by atoms with Crippen LogP contribution in [0.15, 0.2) is 412 Å². The summed E-state index contributed by atoms with van der Waals surface area (Å²) in [6, 6.07) is 145. The van der Waals surface area contributed by atoms with Crippen molar-refractivity contribution < 1.29 is 109 Å². The van der Waals surface area contributed by atoms with Crippen molar-refractivity contribution in [2.24, 2.45) is 0 Å². The normalized spacial score (nSPS) is 10.8. The summed E-state index contributed by atoms with van der Waals surface area (Å²) < 4.78 is 67.9. The zero-order valence-electron chi connectivity index (χ0n) is 68.2. The Balaban J connectivity index is 0.000000240. The van der Waals surface area contributed by atoms with Gasteiger partial charge in [-0.2, -0.15) is 0 Å². The number of carbonyl (C=O) groups is 2. The summed E-state index contributed by atoms with van der Waals surface area (Å²) in [7, 11) is -12.7. The summed E-state index contributed by atoms with van der Waals surface area (Å²) in [5.74, 6) is 5.47. The molecule has 2 aromatic heterocycles. The molecule has 0 aliphatic heterocycles. The topological polar surface area (TPSA) is 244 Å². The van der Waals surface area contributed by atoms with Crippen LogP contribution in [0.3, 0.4) is 0 Å². The van der Waals surface area contributed by atoms with Crippen LogP contribution in [0.4, 0.5) is 0 Å². The Hall–Kier alpha value is -9.40. The molecule has 0 aliphatic rings. The largest absolute Gasteiger partial charge is 2.00 e. The Bertz CT molecular complexity index is 5060. The van der Waals surface area contributed by atoms with Crippen LogP contribution in [0, 0.1) is 32.6 Å². The number of nitrogens with zero attached hydrogens (tertiary/aromatic N) is 2. The van der Waals surface area contributed by atoms with Crippen LogP contribution >= 0.6 is 31.7 Å². The van der Waals surface area contributed by atoms with Crippen molar-refractivity contribution in [3.05, 3.63) is 436 Å². The van der Waals surface area contributed by atoms with Gasteiger partial charge in [0.25, 0.3) is 0 Å². The summed E-state index contributed by atoms with van der Waals surface area (Å²) in [4.78, 5) is 27.6. The van der Waals surface area contributed by atoms with Crippen molar-refractivity contribution >= 4 is 140 Å². The molecule has 0 N–H and O–H groups in total. The van der Waals surface area contributed by atoms with E-state index >= 15 is 0 Å². The van der Waals surface area contributed by atoms with Gasteiger partial charge in [0, 0.05) is 12.4 Å². The van der Waals surface area contributed by atoms with Crippen LogP contribution in [-0.2, 0) is 51.7 Å². The molecule has 626 valence electrons. The van der Waals surface area contributed by atoms with Crippen molar-refractivity contribution in [2.75, 3.05) is 0 Å². The number of ketones is 2. The van der Waals surface area contributed by atoms with Gasteiger partial charge < -0.3 is 19.6 Å². The van der Waals surface area contributed by atoms with E-state index in [-0.39, 0.29) is 53.7 Å². The second-order valence-corrected chi connectivity index (χ2v) is 36.6. The standard InChI is InChI=1S/2C32H26P2.2C13H8N.C6H14.2C3H6O.2ClHO4.2Pt/c2*1-6-16-27(17-7-1)32(34(30-22-12-4-13-23-30)31-24-14-5-15-25-31)26-33(28-18-8-2-9-19-28)29-20-10-3-11-21-29;2*1-2-6-12-10(4-1)7-8-11-5-3-9-14-13(11)12;1-3-5-6-4-2;2*1-3(2)4;2*2-1(3,4)5;;/h2*1-26H;2*1-5,7-9H;3-6H2,1-2H3;2*1-2H3;2*(H,2,3,4,5);;/q;;2*-1;;;;;;2*+2/p-2/b2*32-26-;;;;;;;;;. The molecule has 0 aliphatic carbocycles. The van der Waals surface area contributed by atoms with Crippen molar-refractivity contribution in [1.29, 1.82) is 0 Å². The SMILES string of the molecule is C(=C(\c1ccccc1)P(c1ccccc1)c1ccccc1)/P(c1ccccc1)c1ccccc1.C(=C(\c1ccccc1)P(c1ccccc1)c1ccccc1)/P(c1ccccc1)c1ccccc1.CC(C)=O.CC(C)=O.CCCCCC.[O-][Cl+3]([O-])([O-])[O-].[O-][Cl+3]([O-])([O-])[O-].[Pt+2].[Pt+2].[c-]1cccc2ccc3cccnc3c12.[c-]1cccc2ccc3cccnc3c12. The predicted molar refractivity (Wildman–Crippen MR) is 484 cm³/mol. The number of carbonyl (C=O) groups excluding carboxylic acids is 2. The maximum atomic E-state index is 9.44. The minimum absolute atomic E-state index is 0. The van der Waals surface area contributed by atoms with Crippen molar-refractivity contribution in [3.63, 3.8) is 0 Å². The zero-order chi connectivity index (χ0) is 85.8. The monoisotopic (exact) mass is 2090 g/mol. The Morgan fingerprint density at radius 1 is 0.295 bits per heavy atom. The Labute approximate surface area is 755 Å². The molecule has 2 heterocycles. The first-order chi connectivity index (χ1) is 58.1. The van der Waals surface area contributed by atoms with E-state index in [0.717, 1.165) is 21.8 Å². The molecule has 0 saturated carbocycles. The molecular weight excluding hydrogens is 2000 g/mol. The Kier molecular flexibility index (Phi) is 46.3. The average Bonchev–Trinajstić information content (AvgIpc) is 0.788. The molecule has 0 unspecified atom stereocenters. The van der Waals surface area contributed by atoms with Gasteiger partial charge in [-0.3, -0.25) is 0 Å². The van der Waals surface area contributed by atoms with Crippen LogP contribution in [0.2, 0.25) is 0 Å². The molecule has 16 rings (SSSR count). The number of pyridine rings is 2. The number of hydrogen-bond donors (Lipinski definition) is 0. The van der Waals surface area contributed by atoms with Gasteiger partial charge in [-0.1, -0.05) is 379 Å². The van der Waals surface area contributed by atoms with Crippen LogP contribution in [0.5, 0.6) is 0 Å². The van der Waals surface area contributed by atoms with Crippen molar-refractivity contribution in [2.45, 2.75) is 67.2 Å². The van der Waals surface area contributed by atoms with Gasteiger partial charge in [0.05, 0.1) is 0 Å². The quantitative estimate of drug-likeness (QED) is 0.0358. The summed E-state index contributed by atoms with van der Waals surface area (Å²) in [5, 5.41) is 20.7. The summed E-state index contributed by atoms with van der Waals surface area (Å²) in [5.41, 5.74) is 4.65. The molecule has 12 nitrogen and oxygen atoms in total. The number of hydrogen-bond acceptors (Lipinski definition) is 12. The number of halogens is 2. The fourth-order valence-corrected chi connectivity index (χ4v) is 22.0. The van der Waals surface area contributed by atoms with Gasteiger partial charge >= 0.3 is 42.1 Å². The summed E-state index contributed by atoms with van der Waals surface area (Å²) in [6.07, 6.45) is 9.18. The summed E-state index contributed by atoms with van der Waals surface area (Å²) >= 11 is 0. The molecule has 0 fully saturated rings. The van der Waals surface area contributed by atoms with Gasteiger partial charge in [-0.05, 0) is 169 Å². The number of fused-ring (bicyclic) bond motifs is 6. The van der Waals surface area contributed by atoms with Gasteiger partial charge in [0.15, 0.2) is 0 Å². The Morgan fingerprint density at radius 2 is 0.500 bits per heavy atom. The third-order valence-electron chi connectivity index (χ3n) is 17.1. The molecule has 0 saturated heterocycles. The first-order valence-electron chi connectivity index (χ1n) is 38.7. The number of benzene rings is 14. The van der Waals surface area contributed by atoms with E-state index in [1.807, 2.05) is 48.8 Å². The average molecular weight is 2090 g/mol. The van der Waals surface area contributed by atoms with Gasteiger partial charge in [-0.15, -0.1) is 90.6 Å². The van der Waals surface area contributed by atoms with Crippen LogP contribution in [-0.4, -0.2) is 21.5 Å². The van der Waals surface area contributed by atoms with E-state index in [4.69, 9.17) is 37.3 Å². The minimum Gasteiger partial charge on any atom is -0.304 e. The van der Waals surface area contributed by atoms with Gasteiger partial charge in [0.1, 0.15) is 11.6 Å². The maximum Gasteiger partial charge on any atom is 2.00 e. The molecule has 0 atom stereocenters. The van der Waals surface area contributed by atoms with E-state index in [0.29, 0.717) is 0 Å². The molecule has 16 aromatic rings. The minimum atomic E-state index is -4.94. The zero-order valence-corrected chi connectivity index (χ0v) is 77.9. The van der Waals surface area contributed by atoms with Crippen molar-refractivity contribution in [1.82, 2.24) is 9.97 Å². The maximum absolute atomic E-state index is 9.44. The Morgan fingerprint density at radius 3 is 0.730 bits per heavy atom. The second-order valence-electron chi connectivity index (χ2n) is 26.7. The molecule has 14 aromatic carbocycles. The molecule has 0 bridgehead atoms. The first kappa shape index (κ1) is 101. The fourth-order valence-electron chi connectivity index (χ4n) is 12.1. The number of aromatic nitrogens is 2. The van der Waals surface area contributed by atoms with E-state index < -0.39 is 52.2 Å². The molecule has 0 spiro atoms. The smallest absolute Gasteiger partial charge is 0.304 e. The van der Waals surface area contributed by atoms with Crippen LogP contribution < -0.4 is 79.7 Å². The molecular formula is C102H94Cl2N2O10P4Pt2. The first-order valence-corrected chi connectivity index (χ1v) is 46.7. The molecule has 0 amide bonds. The van der Waals surface area contributed by atoms with E-state index in [9.17, 15) is 9.59 Å². The fraction of sp³-hybridized carbons (Fsp3) is 0.0980. The number of rotatable bonds is 17. The predicted octanol–water partition coefficient (Wildman–Crippen LogP) is 15.1. The van der Waals surface area contributed by atoms with E-state index in [2.05, 4.69) is 399 Å².